The Morgan fingerprint density at radius 3 is 2.87 bits per heavy atom. The van der Waals surface area contributed by atoms with Gasteiger partial charge < -0.3 is 45.1 Å². The van der Waals surface area contributed by atoms with Gasteiger partial charge in [0.1, 0.15) is 30.1 Å². The first-order valence-electron chi connectivity index (χ1n) is 11.9. The molecule has 208 valence electrons. The van der Waals surface area contributed by atoms with Gasteiger partial charge in [-0.15, -0.1) is 5.10 Å². The van der Waals surface area contributed by atoms with Gasteiger partial charge in [0.2, 0.25) is 5.95 Å². The molecule has 2 aliphatic heterocycles. The van der Waals surface area contributed by atoms with Crippen LogP contribution < -0.4 is 17.0 Å². The number of ether oxygens (including phenoxy) is 2. The molecule has 0 saturated carbocycles. The summed E-state index contributed by atoms with van der Waals surface area (Å²) in [5.74, 6) is 0.172. The number of aliphatic hydroxyl groups excluding tert-OH is 2. The van der Waals surface area contributed by atoms with Crippen molar-refractivity contribution < 1.29 is 29.1 Å². The van der Waals surface area contributed by atoms with Gasteiger partial charge in [0, 0.05) is 12.6 Å². The third-order valence-corrected chi connectivity index (χ3v) is 9.81. The lowest BCUT2D eigenvalue weighted by Gasteiger charge is -2.27. The Hall–Kier alpha value is -3.09. The summed E-state index contributed by atoms with van der Waals surface area (Å²) < 4.78 is 20.7. The summed E-state index contributed by atoms with van der Waals surface area (Å²) in [6.07, 6.45) is -0.540. The van der Waals surface area contributed by atoms with Crippen molar-refractivity contribution in [3.8, 4) is 0 Å². The van der Waals surface area contributed by atoms with Crippen molar-refractivity contribution in [2.45, 2.75) is 49.3 Å². The molecule has 6 heterocycles. The molecule has 39 heavy (non-hydrogen) atoms. The van der Waals surface area contributed by atoms with E-state index in [4.69, 9.17) is 37.3 Å². The van der Waals surface area contributed by atoms with E-state index >= 15 is 0 Å². The van der Waals surface area contributed by atoms with Crippen molar-refractivity contribution in [1.29, 1.82) is 0 Å². The first kappa shape index (κ1) is 26.1. The number of aromatic nitrogens is 8. The number of nitrogens with zero attached hydrogens (tertiary/aromatic N) is 7. The maximum atomic E-state index is 12.2. The summed E-state index contributed by atoms with van der Waals surface area (Å²) >= 11 is 5.52. The van der Waals surface area contributed by atoms with E-state index in [2.05, 4.69) is 30.2 Å². The molecular formula is C20H25N10O7PS. The largest absolute Gasteiger partial charge is 0.394 e. The van der Waals surface area contributed by atoms with Crippen LogP contribution in [0, 0.1) is 0 Å². The van der Waals surface area contributed by atoms with Crippen LogP contribution in [0.4, 0.5) is 11.8 Å². The molecule has 0 aliphatic carbocycles. The van der Waals surface area contributed by atoms with Crippen LogP contribution in [0.3, 0.4) is 0 Å². The Morgan fingerprint density at radius 1 is 1.26 bits per heavy atom. The van der Waals surface area contributed by atoms with Gasteiger partial charge in [0.15, 0.2) is 23.9 Å². The number of anilines is 2. The Morgan fingerprint density at radius 2 is 2.08 bits per heavy atom. The molecule has 2 fully saturated rings. The molecule has 0 aromatic carbocycles. The number of aromatic amines is 1. The number of hydrogen-bond acceptors (Lipinski definition) is 14. The second-order valence-corrected chi connectivity index (χ2v) is 12.9. The molecule has 2 saturated heterocycles. The second-order valence-electron chi connectivity index (χ2n) is 9.30. The number of nitrogens with two attached hydrogens (primary N) is 2. The van der Waals surface area contributed by atoms with Crippen molar-refractivity contribution in [2.75, 3.05) is 24.7 Å². The van der Waals surface area contributed by atoms with Gasteiger partial charge in [-0.3, -0.25) is 9.78 Å². The molecular weight excluding hydrogens is 555 g/mol. The van der Waals surface area contributed by atoms with Crippen LogP contribution in [0.5, 0.6) is 0 Å². The Balaban J connectivity index is 1.20. The van der Waals surface area contributed by atoms with E-state index in [1.54, 1.807) is 16.8 Å². The van der Waals surface area contributed by atoms with Gasteiger partial charge in [-0.1, -0.05) is 5.21 Å². The lowest BCUT2D eigenvalue weighted by Crippen LogP contribution is -2.28. The third-order valence-electron chi connectivity index (χ3n) is 6.86. The minimum atomic E-state index is -3.67. The van der Waals surface area contributed by atoms with Crippen LogP contribution in [0.25, 0.3) is 22.2 Å². The quantitative estimate of drug-likeness (QED) is 0.140. The van der Waals surface area contributed by atoms with E-state index in [1.807, 2.05) is 0 Å². The average molecular weight is 581 g/mol. The molecule has 17 nitrogen and oxygen atoms in total. The van der Waals surface area contributed by atoms with Crippen LogP contribution in [0.15, 0.2) is 23.4 Å². The molecule has 0 spiro atoms. The van der Waals surface area contributed by atoms with E-state index in [1.165, 1.54) is 11.0 Å². The zero-order chi connectivity index (χ0) is 27.5. The Bertz CT molecular complexity index is 1640. The monoisotopic (exact) mass is 580 g/mol. The maximum absolute atomic E-state index is 12.2. The highest BCUT2D eigenvalue weighted by molar-refractivity contribution is 8.09. The fraction of sp³-hybridized carbons (Fsp3) is 0.500. The average Bonchev–Trinajstić information content (AvgIpc) is 3.67. The number of H-pyrrole nitrogens is 1. The summed E-state index contributed by atoms with van der Waals surface area (Å²) in [5, 5.41) is 28.9. The third kappa shape index (κ3) is 4.57. The van der Waals surface area contributed by atoms with E-state index < -0.39 is 48.5 Å². The van der Waals surface area contributed by atoms with Crippen LogP contribution >= 0.6 is 6.49 Å². The molecule has 4 aromatic heterocycles. The number of aliphatic hydroxyl groups is 2. The van der Waals surface area contributed by atoms with Crippen molar-refractivity contribution in [2.24, 2.45) is 0 Å². The minimum Gasteiger partial charge on any atom is -0.394 e. The minimum absolute atomic E-state index is 0.0284. The van der Waals surface area contributed by atoms with Gasteiger partial charge in [-0.2, -0.15) is 9.67 Å². The van der Waals surface area contributed by atoms with Crippen molar-refractivity contribution in [3.63, 3.8) is 0 Å². The first-order valence-corrected chi connectivity index (χ1v) is 14.6. The highest BCUT2D eigenvalue weighted by atomic mass is 32.5. The predicted molar refractivity (Wildman–Crippen MR) is 139 cm³/mol. The van der Waals surface area contributed by atoms with Crippen LogP contribution in [0.1, 0.15) is 25.3 Å². The molecule has 6 rings (SSSR count). The highest BCUT2D eigenvalue weighted by Gasteiger charge is 2.47. The standard InChI is InChI=1S/C20H25N10O7PS/c21-15-9-1-2-29(16(9)24-7-23-15)13-4-10(32)11(37-13)6-35-38(34,39)12-3-8(5-31)36-19(12)30-17-14(27-28-30)18(33)26-20(22)25-17/h1-2,7-8,10-13,19,31-32H,3-6H2,(H,34,39)(H2,21,23,24)(H3,22,25,26,33)/t8-,10-,11+,12+,13+,19?,38?/m0/s1. The Labute approximate surface area is 223 Å². The van der Waals surface area contributed by atoms with E-state index in [0.29, 0.717) is 16.9 Å². The Kier molecular flexibility index (Phi) is 6.59. The van der Waals surface area contributed by atoms with Crippen LogP contribution in [0.2, 0.25) is 0 Å². The van der Waals surface area contributed by atoms with E-state index in [0.717, 1.165) is 0 Å². The number of nitrogen functional groups attached to an aromatic ring is 2. The molecule has 0 radical (unpaired) electrons. The zero-order valence-electron chi connectivity index (χ0n) is 20.1. The summed E-state index contributed by atoms with van der Waals surface area (Å²) in [7, 11) is 0. The van der Waals surface area contributed by atoms with Gasteiger partial charge in [0.25, 0.3) is 5.56 Å². The topological polar surface area (TPSA) is 248 Å². The molecule has 8 N–H and O–H groups in total. The summed E-state index contributed by atoms with van der Waals surface area (Å²) in [6.45, 7) is -4.23. The normalized spacial score (nSPS) is 28.9. The maximum Gasteiger partial charge on any atom is 0.282 e. The predicted octanol–water partition coefficient (Wildman–Crippen LogP) is -1.26. The van der Waals surface area contributed by atoms with E-state index in [-0.39, 0.29) is 43.2 Å². The number of nitrogens with one attached hydrogen (secondary N) is 1. The van der Waals surface area contributed by atoms with Crippen LogP contribution in [-0.2, 0) is 25.8 Å². The molecule has 7 atom stereocenters. The number of rotatable bonds is 7. The number of hydrogen-bond donors (Lipinski definition) is 6. The van der Waals surface area contributed by atoms with Gasteiger partial charge in [0.05, 0.1) is 36.5 Å². The number of fused-ring (bicyclic) bond motifs is 2. The summed E-state index contributed by atoms with van der Waals surface area (Å²) in [6, 6.07) is 1.76. The highest BCUT2D eigenvalue weighted by Crippen LogP contribution is 2.57. The smallest absolute Gasteiger partial charge is 0.282 e. The fourth-order valence-electron chi connectivity index (χ4n) is 4.93. The molecule has 0 bridgehead atoms. The molecule has 2 aliphatic rings. The summed E-state index contributed by atoms with van der Waals surface area (Å²) in [4.78, 5) is 38.2. The molecule has 19 heteroatoms. The lowest BCUT2D eigenvalue weighted by atomic mass is 10.2. The summed E-state index contributed by atoms with van der Waals surface area (Å²) in [5.41, 5.74) is 10.7. The SMILES string of the molecule is Nc1nc2c(nnn2C2O[C@H](CO)C[C@H]2P(O)(=S)OC[C@H]2O[C@@H](n3ccc4c(N)ncnc43)C[C@@H]2O)c(=O)[nH]1. The molecule has 2 unspecified atom stereocenters. The van der Waals surface area contributed by atoms with Gasteiger partial charge in [-0.05, 0) is 24.3 Å². The fourth-order valence-corrected chi connectivity index (χ4v) is 7.25. The van der Waals surface area contributed by atoms with Crippen molar-refractivity contribution in [1.82, 2.24) is 39.5 Å². The van der Waals surface area contributed by atoms with Gasteiger partial charge in [-0.25, -0.2) is 9.97 Å². The molecule has 4 aromatic rings. The zero-order valence-corrected chi connectivity index (χ0v) is 21.9. The van der Waals surface area contributed by atoms with E-state index in [9.17, 15) is 19.9 Å². The van der Waals surface area contributed by atoms with Crippen molar-refractivity contribution >= 4 is 52.3 Å². The molecule has 0 amide bonds. The van der Waals surface area contributed by atoms with Gasteiger partial charge >= 0.3 is 0 Å². The second kappa shape index (κ2) is 9.83. The van der Waals surface area contributed by atoms with Crippen LogP contribution in [-0.4, -0.2) is 91.8 Å². The first-order chi connectivity index (χ1) is 18.7. The van der Waals surface area contributed by atoms with Crippen molar-refractivity contribution in [3.05, 3.63) is 28.9 Å². The lowest BCUT2D eigenvalue weighted by molar-refractivity contribution is -0.0400.